The molecule has 6 aliphatic rings. The lowest BCUT2D eigenvalue weighted by Crippen LogP contribution is -2.27. The molecular weight excluding hydrogens is 1710 g/mol. The highest BCUT2D eigenvalue weighted by Crippen LogP contribution is 2.52. The number of rotatable bonds is 14. The van der Waals surface area contributed by atoms with Gasteiger partial charge in [-0.15, -0.1) is 15.3 Å². The second-order valence-electron chi connectivity index (χ2n) is 33.6. The number of tetrazole rings is 3. The van der Waals surface area contributed by atoms with Crippen LogP contribution in [0.4, 0.5) is 49.0 Å². The number of allylic oxidation sites excluding steroid dienone is 3. The predicted octanol–water partition coefficient (Wildman–Crippen LogP) is 17.1. The lowest BCUT2D eigenvalue weighted by Gasteiger charge is -2.21. The molecule has 39 heteroatoms. The number of carbonyl (C=O) groups excluding carboxylic acids is 2. The molecule has 3 aromatic carbocycles. The Morgan fingerprint density at radius 3 is 1.13 bits per heavy atom. The van der Waals surface area contributed by atoms with Gasteiger partial charge in [0.25, 0.3) is 16.7 Å². The van der Waals surface area contributed by atoms with E-state index in [0.29, 0.717) is 77.7 Å². The summed E-state index contributed by atoms with van der Waals surface area (Å²) in [5, 5.41) is 40.6. The molecule has 9 atom stereocenters. The second-order valence-corrected chi connectivity index (χ2v) is 34.9. The van der Waals surface area contributed by atoms with E-state index in [4.69, 9.17) is 50.0 Å². The number of hydrogen-bond acceptors (Lipinski definition) is 23. The molecule has 18 rings (SSSR count). The van der Waals surface area contributed by atoms with Gasteiger partial charge in [0.15, 0.2) is 0 Å². The molecule has 0 saturated heterocycles. The summed E-state index contributed by atoms with van der Waals surface area (Å²) in [5.41, 5.74) is 14.3. The van der Waals surface area contributed by atoms with Gasteiger partial charge in [0.1, 0.15) is 47.6 Å². The van der Waals surface area contributed by atoms with Gasteiger partial charge in [-0.1, -0.05) is 76.3 Å². The first-order valence-corrected chi connectivity index (χ1v) is 41.4. The molecule has 0 bridgehead atoms. The van der Waals surface area contributed by atoms with Crippen LogP contribution < -0.4 is 33.0 Å². The van der Waals surface area contributed by atoms with Crippen LogP contribution in [0.3, 0.4) is 0 Å². The Kier molecular flexibility index (Phi) is 23.4. The van der Waals surface area contributed by atoms with E-state index >= 15 is 17.6 Å². The van der Waals surface area contributed by atoms with E-state index in [1.54, 1.807) is 111 Å². The van der Waals surface area contributed by atoms with E-state index in [-0.39, 0.29) is 122 Å². The Balaban J connectivity index is 0.000000141. The minimum atomic E-state index is -0.925. The number of halogens is 8. The van der Waals surface area contributed by atoms with Gasteiger partial charge in [0.05, 0.1) is 69.0 Å². The van der Waals surface area contributed by atoms with Gasteiger partial charge >= 0.3 is 12.2 Å². The number of aromatic nitrogens is 18. The van der Waals surface area contributed by atoms with Crippen molar-refractivity contribution < 1.29 is 41.0 Å². The molecule has 4 N–H and O–H groups in total. The average molecular weight is 1790 g/mol. The Bertz CT molecular complexity index is 6840. The summed E-state index contributed by atoms with van der Waals surface area (Å²) in [6, 6.07) is 33.4. The third-order valence-electron chi connectivity index (χ3n) is 23.3. The maximum absolute atomic E-state index is 15.6. The van der Waals surface area contributed by atoms with Crippen molar-refractivity contribution in [1.82, 2.24) is 89.3 Å². The number of fused-ring (bicyclic) bond motifs is 3. The van der Waals surface area contributed by atoms with Crippen LogP contribution in [0.1, 0.15) is 172 Å². The lowest BCUT2D eigenvalue weighted by atomic mass is 9.86. The van der Waals surface area contributed by atoms with E-state index in [2.05, 4.69) is 101 Å². The number of nitrogens with two attached hydrogens (primary N) is 1. The molecular formula is C88H80Cl3F5N24O7. The quantitative estimate of drug-likeness (QED) is 0.0517. The van der Waals surface area contributed by atoms with Crippen LogP contribution in [-0.4, -0.2) is 130 Å². The normalized spacial score (nSPS) is 19.8. The summed E-state index contributed by atoms with van der Waals surface area (Å²) in [4.78, 5) is 89.2. The molecule has 6 aliphatic heterocycles. The Labute approximate surface area is 735 Å². The fourth-order valence-electron chi connectivity index (χ4n) is 17.1. The van der Waals surface area contributed by atoms with Gasteiger partial charge in [-0.25, -0.2) is 34.5 Å². The first-order chi connectivity index (χ1) is 60.4. The number of hydrogen-bond donors (Lipinski definition) is 3. The van der Waals surface area contributed by atoms with Crippen molar-refractivity contribution in [3.63, 3.8) is 0 Å². The SMILES string of the molecule is C[C@@H]1[C@@H](C2=C(F)N=C(c3ccc(N)nc3F)C2)n2c(cc(-c3cc(Cl)ccc3-n3cnnn3)cc2=O)[C@@H]1C.C[C@@H]1[C@@H](C2=C(F)N=C(c3ccc(NC(=O)OC(C)(C)C)nc3F)C2)n2c(cc(-c3cc(Cl)ccc3-n3cnnn3)cc2=O)[C@@H]1C.C[C@@H]1[C@@H](C2=CN=C(c3ccc(NC(=O)OC(C)(C)C)nc3F)C2)n2c(cc(-c3cc(Cl)ccc3-n3cnnn3)cc2=O)[C@@H]1C. The fraction of sp³-hybridized carbons (Fsp3) is 0.295. The van der Waals surface area contributed by atoms with Crippen LogP contribution in [0.25, 0.3) is 50.4 Å². The van der Waals surface area contributed by atoms with Gasteiger partial charge < -0.3 is 28.9 Å². The zero-order valence-electron chi connectivity index (χ0n) is 70.1. The molecule has 127 heavy (non-hydrogen) atoms. The van der Waals surface area contributed by atoms with Crippen molar-refractivity contribution in [2.45, 2.75) is 149 Å². The molecule has 0 fully saturated rings. The summed E-state index contributed by atoms with van der Waals surface area (Å²) in [6.07, 6.45) is 5.00. The summed E-state index contributed by atoms with van der Waals surface area (Å²) in [5.74, 6) is -4.36. The zero-order valence-corrected chi connectivity index (χ0v) is 72.4. The first-order valence-electron chi connectivity index (χ1n) is 40.3. The number of nitrogens with zero attached hydrogens (tertiary/aromatic N) is 21. The molecule has 2 amide bonds. The molecule has 31 nitrogen and oxygen atoms in total. The first kappa shape index (κ1) is 86.8. The van der Waals surface area contributed by atoms with Gasteiger partial charge in [0, 0.05) is 121 Å². The molecule has 0 aliphatic carbocycles. The third kappa shape index (κ3) is 17.4. The van der Waals surface area contributed by atoms with Crippen molar-refractivity contribution in [3.8, 4) is 50.4 Å². The molecule has 15 heterocycles. The largest absolute Gasteiger partial charge is 0.444 e. The van der Waals surface area contributed by atoms with Crippen LogP contribution in [0.2, 0.25) is 15.1 Å². The number of anilines is 3. The molecule has 12 aromatic rings. The monoisotopic (exact) mass is 1780 g/mol. The number of aliphatic imine (C=N–C) groups is 3. The van der Waals surface area contributed by atoms with E-state index in [9.17, 15) is 28.4 Å². The molecule has 0 unspecified atom stereocenters. The van der Waals surface area contributed by atoms with Gasteiger partial charge in [-0.2, -0.15) is 36.0 Å². The van der Waals surface area contributed by atoms with Crippen molar-refractivity contribution >= 4 is 81.6 Å². The number of pyridine rings is 6. The summed E-state index contributed by atoms with van der Waals surface area (Å²) in [7, 11) is 0. The minimum Gasteiger partial charge on any atom is -0.444 e. The third-order valence-corrected chi connectivity index (χ3v) is 24.0. The number of carbonyl (C=O) groups is 2. The van der Waals surface area contributed by atoms with Crippen molar-refractivity contribution in [3.05, 3.63) is 279 Å². The standard InChI is InChI=1S/C31H29ClF2N8O3.C31H30ClFN8O3.C26H21ClF2N8O/c1-15-16(2)27(21-13-22(36-29(21)34)19-7-9-25(37-28(19)33)38-30(44)45-31(3,4)5)42-24(15)10-17(11-26(42)43)20-12-18(32)6-8-23(20)41-14-35-39-40-41;1-16-17(2)28(19-10-23(34-14-19)21-7-9-26(36-29(21)33)37-30(43)44-31(3,4)5)41-25(16)11-18(12-27(41)42)22-13-20(32)6-8-24(22)40-15-35-38-39-40;1-12-13(2)24(18-10-19(32-26(18)29)16-4-6-22(30)33-25(16)28)37-21(12)7-14(8-23(37)38)17-9-15(27)3-5-20(17)36-11-31-34-35-36/h6-12,14-16,27H,13H2,1-5H3,(H,37,38,44);6-9,11-17,28H,10H2,1-5H3,(H,36,37,43);3-9,11-13,24H,10H2,1-2H3,(H2,30,33)/t15-,16+,27+;16-,17+,28+;12-,13+,24+/m111/s1. The van der Waals surface area contributed by atoms with Crippen molar-refractivity contribution in [2.24, 2.45) is 32.7 Å². The van der Waals surface area contributed by atoms with Crippen LogP contribution >= 0.6 is 34.8 Å². The van der Waals surface area contributed by atoms with Crippen LogP contribution in [0, 0.1) is 35.6 Å². The maximum atomic E-state index is 15.6. The van der Waals surface area contributed by atoms with Crippen molar-refractivity contribution in [2.75, 3.05) is 16.4 Å². The number of ether oxygens (including phenoxy) is 2. The smallest absolute Gasteiger partial charge is 0.413 e. The lowest BCUT2D eigenvalue weighted by molar-refractivity contribution is 0.0623. The fourth-order valence-corrected chi connectivity index (χ4v) is 17.6. The maximum Gasteiger partial charge on any atom is 0.413 e. The highest BCUT2D eigenvalue weighted by atomic mass is 35.5. The van der Waals surface area contributed by atoms with Crippen molar-refractivity contribution in [1.29, 1.82) is 0 Å². The number of amides is 2. The Morgan fingerprint density at radius 1 is 0.433 bits per heavy atom. The Morgan fingerprint density at radius 2 is 0.780 bits per heavy atom. The number of nitrogen functional groups attached to an aromatic ring is 1. The molecule has 9 aromatic heterocycles. The van der Waals surface area contributed by atoms with E-state index < -0.39 is 65.2 Å². The number of benzene rings is 3. The highest BCUT2D eigenvalue weighted by molar-refractivity contribution is 6.31. The van der Waals surface area contributed by atoms with Gasteiger partial charge in [0.2, 0.25) is 29.7 Å². The molecule has 0 radical (unpaired) electrons. The minimum absolute atomic E-state index is 0.00686. The van der Waals surface area contributed by atoms with Crippen LogP contribution in [-0.2, 0) is 9.47 Å². The summed E-state index contributed by atoms with van der Waals surface area (Å²) < 4.78 is 95.5. The number of nitrogens with one attached hydrogen (secondary N) is 2. The summed E-state index contributed by atoms with van der Waals surface area (Å²) >= 11 is 19.0. The molecule has 650 valence electrons. The Hall–Kier alpha value is -13.7. The van der Waals surface area contributed by atoms with E-state index in [0.717, 1.165) is 28.2 Å². The highest BCUT2D eigenvalue weighted by Gasteiger charge is 2.45. The van der Waals surface area contributed by atoms with Gasteiger partial charge in [-0.05, 0) is 222 Å². The van der Waals surface area contributed by atoms with E-state index in [1.165, 1.54) is 81.6 Å². The van der Waals surface area contributed by atoms with Crippen LogP contribution in [0.15, 0.2) is 211 Å². The summed E-state index contributed by atoms with van der Waals surface area (Å²) in [6.45, 7) is 22.4. The molecule has 0 saturated carbocycles. The average Bonchev–Trinajstić information content (AvgIpc) is 1.59. The second kappa shape index (κ2) is 34.3. The zero-order chi connectivity index (χ0) is 90.3. The molecule has 0 spiro atoms. The van der Waals surface area contributed by atoms with Crippen LogP contribution in [0.5, 0.6) is 0 Å². The predicted molar refractivity (Wildman–Crippen MR) is 466 cm³/mol. The van der Waals surface area contributed by atoms with E-state index in [1.807, 2.05) is 56.5 Å². The van der Waals surface area contributed by atoms with Gasteiger partial charge in [-0.3, -0.25) is 30.0 Å². The topological polar surface area (TPSA) is 375 Å².